The number of H-pyrrole nitrogens is 1. The molecule has 0 unspecified atom stereocenters. The van der Waals surface area contributed by atoms with Gasteiger partial charge in [-0.1, -0.05) is 63.2 Å². The number of carbonyl (C=O) groups excluding carboxylic acids is 1. The number of rotatable bonds is 6. The van der Waals surface area contributed by atoms with Crippen LogP contribution >= 0.6 is 0 Å². The molecule has 7 nitrogen and oxygen atoms in total. The van der Waals surface area contributed by atoms with Crippen molar-refractivity contribution in [2.75, 3.05) is 10.0 Å². The molecule has 0 saturated heterocycles. The minimum Gasteiger partial charge on any atom is -0.350 e. The number of aromatic amines is 1. The highest BCUT2D eigenvalue weighted by Gasteiger charge is 2.23. The first-order valence-electron chi connectivity index (χ1n) is 12.2. The minimum absolute atomic E-state index is 0.0358. The predicted molar refractivity (Wildman–Crippen MR) is 152 cm³/mol. The van der Waals surface area contributed by atoms with E-state index in [4.69, 9.17) is 0 Å². The third-order valence-corrected chi connectivity index (χ3v) is 7.69. The van der Waals surface area contributed by atoms with Crippen molar-refractivity contribution in [1.29, 1.82) is 0 Å². The van der Waals surface area contributed by atoms with Gasteiger partial charge in [0, 0.05) is 40.2 Å². The van der Waals surface area contributed by atoms with E-state index in [-0.39, 0.29) is 16.2 Å². The van der Waals surface area contributed by atoms with E-state index in [1.54, 1.807) is 48.8 Å². The second kappa shape index (κ2) is 9.79. The first-order valence-corrected chi connectivity index (χ1v) is 13.7. The van der Waals surface area contributed by atoms with Gasteiger partial charge in [-0.3, -0.25) is 14.5 Å². The Morgan fingerprint density at radius 3 is 2.18 bits per heavy atom. The van der Waals surface area contributed by atoms with Crippen LogP contribution in [0.5, 0.6) is 0 Å². The third-order valence-electron chi connectivity index (χ3n) is 6.31. The van der Waals surface area contributed by atoms with Crippen LogP contribution in [0.1, 0.15) is 36.8 Å². The van der Waals surface area contributed by atoms with Gasteiger partial charge < -0.3 is 10.3 Å². The van der Waals surface area contributed by atoms with Crippen LogP contribution in [-0.2, 0) is 15.4 Å². The summed E-state index contributed by atoms with van der Waals surface area (Å²) < 4.78 is 29.4. The second-order valence-electron chi connectivity index (χ2n) is 10.1. The van der Waals surface area contributed by atoms with E-state index in [1.807, 2.05) is 42.5 Å². The molecule has 2 heterocycles. The van der Waals surface area contributed by atoms with Gasteiger partial charge >= 0.3 is 0 Å². The molecule has 5 rings (SSSR count). The number of hydrogen-bond acceptors (Lipinski definition) is 4. The standard InChI is InChI=1S/C30H28N4O3S/c1-30(2,3)21-9-11-23(12-10-21)34-38(36,37)24-13-14-26-25(19-24)27(20-7-5-4-6-8-20)28(33-26)29(35)32-22-15-17-31-18-16-22/h4-19,33-34H,1-3H3,(H,31,32,35). The lowest BCUT2D eigenvalue weighted by molar-refractivity contribution is 0.102. The number of carbonyl (C=O) groups is 1. The SMILES string of the molecule is CC(C)(C)c1ccc(NS(=O)(=O)c2ccc3[nH]c(C(=O)Nc4ccncc4)c(-c4ccccc4)c3c2)cc1. The molecular formula is C30H28N4O3S. The number of nitrogens with zero attached hydrogens (tertiary/aromatic N) is 1. The quantitative estimate of drug-likeness (QED) is 0.233. The fourth-order valence-corrected chi connectivity index (χ4v) is 5.38. The largest absolute Gasteiger partial charge is 0.350 e. The van der Waals surface area contributed by atoms with E-state index in [0.29, 0.717) is 33.5 Å². The van der Waals surface area contributed by atoms with Crippen molar-refractivity contribution in [2.45, 2.75) is 31.1 Å². The van der Waals surface area contributed by atoms with Crippen LogP contribution in [0, 0.1) is 0 Å². The highest BCUT2D eigenvalue weighted by molar-refractivity contribution is 7.92. The van der Waals surface area contributed by atoms with E-state index < -0.39 is 10.0 Å². The van der Waals surface area contributed by atoms with E-state index in [2.05, 4.69) is 40.8 Å². The van der Waals surface area contributed by atoms with Gasteiger partial charge in [0.25, 0.3) is 15.9 Å². The zero-order valence-electron chi connectivity index (χ0n) is 21.3. The summed E-state index contributed by atoms with van der Waals surface area (Å²) in [7, 11) is -3.88. The molecule has 0 saturated carbocycles. The van der Waals surface area contributed by atoms with Gasteiger partial charge in [-0.15, -0.1) is 0 Å². The third kappa shape index (κ3) is 5.17. The lowest BCUT2D eigenvalue weighted by Crippen LogP contribution is -2.14. The summed E-state index contributed by atoms with van der Waals surface area (Å²) >= 11 is 0. The number of nitrogens with one attached hydrogen (secondary N) is 3. The first kappa shape index (κ1) is 25.2. The van der Waals surface area contributed by atoms with Gasteiger partial charge in [0.1, 0.15) is 5.69 Å². The topological polar surface area (TPSA) is 104 Å². The van der Waals surface area contributed by atoms with E-state index in [0.717, 1.165) is 11.1 Å². The molecule has 0 spiro atoms. The van der Waals surface area contributed by atoms with Crippen molar-refractivity contribution < 1.29 is 13.2 Å². The van der Waals surface area contributed by atoms with Gasteiger partial charge in [0.2, 0.25) is 0 Å². The Morgan fingerprint density at radius 2 is 1.53 bits per heavy atom. The second-order valence-corrected chi connectivity index (χ2v) is 11.8. The Morgan fingerprint density at radius 1 is 0.842 bits per heavy atom. The summed E-state index contributed by atoms with van der Waals surface area (Å²) in [6.07, 6.45) is 3.19. The van der Waals surface area contributed by atoms with Crippen LogP contribution in [0.15, 0.2) is 102 Å². The Balaban J connectivity index is 1.55. The number of benzene rings is 3. The summed E-state index contributed by atoms with van der Waals surface area (Å²) in [5.41, 5.74) is 4.56. The van der Waals surface area contributed by atoms with Crippen LogP contribution in [-0.4, -0.2) is 24.3 Å². The molecule has 1 amide bonds. The number of pyridine rings is 1. The molecule has 0 aliphatic heterocycles. The van der Waals surface area contributed by atoms with Crippen LogP contribution in [0.3, 0.4) is 0 Å². The van der Waals surface area contributed by atoms with E-state index in [1.165, 1.54) is 6.07 Å². The fraction of sp³-hybridized carbons (Fsp3) is 0.133. The fourth-order valence-electron chi connectivity index (χ4n) is 4.29. The highest BCUT2D eigenvalue weighted by Crippen LogP contribution is 2.35. The minimum atomic E-state index is -3.88. The molecule has 0 aliphatic rings. The maximum absolute atomic E-state index is 13.4. The van der Waals surface area contributed by atoms with Crippen molar-refractivity contribution in [2.24, 2.45) is 0 Å². The molecule has 0 aliphatic carbocycles. The maximum Gasteiger partial charge on any atom is 0.272 e. The number of aromatic nitrogens is 2. The van der Waals surface area contributed by atoms with Gasteiger partial charge in [-0.25, -0.2) is 8.42 Å². The summed E-state index contributed by atoms with van der Waals surface area (Å²) in [6, 6.07) is 25.0. The van der Waals surface area contributed by atoms with Crippen molar-refractivity contribution in [3.8, 4) is 11.1 Å². The lowest BCUT2D eigenvalue weighted by atomic mass is 9.87. The molecule has 3 N–H and O–H groups in total. The number of hydrogen-bond donors (Lipinski definition) is 3. The van der Waals surface area contributed by atoms with Crippen molar-refractivity contribution in [1.82, 2.24) is 9.97 Å². The number of anilines is 2. The lowest BCUT2D eigenvalue weighted by Gasteiger charge is -2.19. The molecule has 5 aromatic rings. The molecular weight excluding hydrogens is 496 g/mol. The number of amides is 1. The molecule has 0 fully saturated rings. The van der Waals surface area contributed by atoms with Crippen molar-refractivity contribution in [3.63, 3.8) is 0 Å². The maximum atomic E-state index is 13.4. The average molecular weight is 525 g/mol. The summed E-state index contributed by atoms with van der Waals surface area (Å²) in [5.74, 6) is -0.340. The molecule has 0 radical (unpaired) electrons. The Kier molecular flexibility index (Phi) is 6.50. The van der Waals surface area contributed by atoms with Gasteiger partial charge in [0.15, 0.2) is 0 Å². The van der Waals surface area contributed by atoms with Crippen molar-refractivity contribution in [3.05, 3.63) is 109 Å². The molecule has 0 bridgehead atoms. The number of sulfonamides is 1. The van der Waals surface area contributed by atoms with E-state index >= 15 is 0 Å². The summed E-state index contributed by atoms with van der Waals surface area (Å²) in [4.78, 5) is 20.6. The van der Waals surface area contributed by atoms with Crippen LogP contribution in [0.25, 0.3) is 22.0 Å². The normalized spacial score (nSPS) is 11.9. The van der Waals surface area contributed by atoms with Gasteiger partial charge in [0.05, 0.1) is 4.90 Å². The summed E-state index contributed by atoms with van der Waals surface area (Å²) in [5, 5.41) is 3.51. The van der Waals surface area contributed by atoms with Crippen molar-refractivity contribution >= 4 is 38.2 Å². The summed E-state index contributed by atoms with van der Waals surface area (Å²) in [6.45, 7) is 6.32. The molecule has 192 valence electrons. The smallest absolute Gasteiger partial charge is 0.272 e. The first-order chi connectivity index (χ1) is 18.1. The molecule has 2 aromatic heterocycles. The van der Waals surface area contributed by atoms with Gasteiger partial charge in [-0.2, -0.15) is 0 Å². The molecule has 8 heteroatoms. The monoisotopic (exact) mass is 524 g/mol. The Labute approximate surface area is 222 Å². The highest BCUT2D eigenvalue weighted by atomic mass is 32.2. The van der Waals surface area contributed by atoms with Crippen LogP contribution in [0.4, 0.5) is 11.4 Å². The van der Waals surface area contributed by atoms with E-state index in [9.17, 15) is 13.2 Å². The van der Waals surface area contributed by atoms with Gasteiger partial charge in [-0.05, 0) is 59.0 Å². The molecule has 38 heavy (non-hydrogen) atoms. The predicted octanol–water partition coefficient (Wildman–Crippen LogP) is 6.58. The molecule has 3 aromatic carbocycles. The zero-order valence-corrected chi connectivity index (χ0v) is 22.1. The Hall–Kier alpha value is -4.43. The Bertz CT molecular complexity index is 1710. The molecule has 0 atom stereocenters. The average Bonchev–Trinajstić information content (AvgIpc) is 3.28. The van der Waals surface area contributed by atoms with Crippen LogP contribution < -0.4 is 10.0 Å². The van der Waals surface area contributed by atoms with Crippen LogP contribution in [0.2, 0.25) is 0 Å². The zero-order chi connectivity index (χ0) is 26.9. The number of fused-ring (bicyclic) bond motifs is 1.